The molecule has 15 heavy (non-hydrogen) atoms. The van der Waals surface area contributed by atoms with Crippen molar-refractivity contribution in [2.75, 3.05) is 6.61 Å². The largest absolute Gasteiger partial charge is 0.507 e. The number of aliphatic carboxylic acids is 1. The summed E-state index contributed by atoms with van der Waals surface area (Å²) in [7, 11) is 0. The van der Waals surface area contributed by atoms with Gasteiger partial charge in [-0.25, -0.2) is 0 Å². The average Bonchev–Trinajstić information content (AvgIpc) is 2.18. The molecule has 0 bridgehead atoms. The summed E-state index contributed by atoms with van der Waals surface area (Å²) in [6.07, 6.45) is 2.93. The predicted molar refractivity (Wildman–Crippen MR) is 55.6 cm³/mol. The molecule has 0 atom stereocenters. The van der Waals surface area contributed by atoms with Crippen LogP contribution in [0.5, 0.6) is 5.75 Å². The maximum atomic E-state index is 10.5. The smallest absolute Gasteiger partial charge is 0.307 e. The molecule has 0 amide bonds. The third-order valence-electron chi connectivity index (χ3n) is 1.85. The highest BCUT2D eigenvalue weighted by atomic mass is 16.4. The van der Waals surface area contributed by atoms with E-state index in [0.29, 0.717) is 11.1 Å². The first-order valence-corrected chi connectivity index (χ1v) is 4.44. The Balaban J connectivity index is 2.94. The fourth-order valence-corrected chi connectivity index (χ4v) is 1.20. The Morgan fingerprint density at radius 1 is 1.40 bits per heavy atom. The van der Waals surface area contributed by atoms with Crippen molar-refractivity contribution in [3.8, 4) is 5.75 Å². The van der Waals surface area contributed by atoms with E-state index in [2.05, 4.69) is 0 Å². The van der Waals surface area contributed by atoms with E-state index in [9.17, 15) is 9.90 Å². The van der Waals surface area contributed by atoms with Gasteiger partial charge >= 0.3 is 5.97 Å². The van der Waals surface area contributed by atoms with Crippen molar-refractivity contribution >= 4 is 12.0 Å². The number of rotatable bonds is 4. The van der Waals surface area contributed by atoms with Crippen molar-refractivity contribution in [1.82, 2.24) is 0 Å². The zero-order valence-electron chi connectivity index (χ0n) is 8.05. The van der Waals surface area contributed by atoms with Crippen LogP contribution in [-0.4, -0.2) is 27.9 Å². The highest BCUT2D eigenvalue weighted by Crippen LogP contribution is 2.20. The van der Waals surface area contributed by atoms with Crippen LogP contribution in [0.1, 0.15) is 11.1 Å². The van der Waals surface area contributed by atoms with E-state index in [0.717, 1.165) is 0 Å². The van der Waals surface area contributed by atoms with Gasteiger partial charge < -0.3 is 15.3 Å². The summed E-state index contributed by atoms with van der Waals surface area (Å²) >= 11 is 0. The minimum Gasteiger partial charge on any atom is -0.507 e. The molecule has 3 N–H and O–H groups in total. The van der Waals surface area contributed by atoms with Gasteiger partial charge in [-0.3, -0.25) is 4.79 Å². The minimum atomic E-state index is -0.919. The molecule has 0 aliphatic rings. The predicted octanol–water partition coefficient (Wildman–Crippen LogP) is 1.02. The van der Waals surface area contributed by atoms with Crippen molar-refractivity contribution in [2.45, 2.75) is 6.42 Å². The van der Waals surface area contributed by atoms with Crippen LogP contribution in [0.3, 0.4) is 0 Å². The summed E-state index contributed by atoms with van der Waals surface area (Å²) in [5.41, 5.74) is 1.11. The zero-order valence-corrected chi connectivity index (χ0v) is 8.05. The van der Waals surface area contributed by atoms with Gasteiger partial charge in [-0.15, -0.1) is 0 Å². The molecule has 0 aliphatic carbocycles. The molecule has 1 aromatic carbocycles. The maximum absolute atomic E-state index is 10.5. The Kier molecular flexibility index (Phi) is 3.88. The van der Waals surface area contributed by atoms with E-state index in [-0.39, 0.29) is 18.8 Å². The molecule has 0 heterocycles. The second kappa shape index (κ2) is 5.17. The van der Waals surface area contributed by atoms with E-state index < -0.39 is 5.97 Å². The van der Waals surface area contributed by atoms with Gasteiger partial charge in [0.05, 0.1) is 13.0 Å². The molecule has 4 heteroatoms. The lowest BCUT2D eigenvalue weighted by atomic mass is 10.1. The summed E-state index contributed by atoms with van der Waals surface area (Å²) in [6.45, 7) is -0.122. The van der Waals surface area contributed by atoms with E-state index in [1.165, 1.54) is 12.1 Å². The lowest BCUT2D eigenvalue weighted by Gasteiger charge is -2.02. The topological polar surface area (TPSA) is 77.8 Å². The van der Waals surface area contributed by atoms with E-state index in [1.807, 2.05) is 0 Å². The van der Waals surface area contributed by atoms with Gasteiger partial charge in [0.1, 0.15) is 5.75 Å². The van der Waals surface area contributed by atoms with Crippen LogP contribution in [0.2, 0.25) is 0 Å². The Morgan fingerprint density at radius 2 is 2.13 bits per heavy atom. The molecule has 0 unspecified atom stereocenters. The van der Waals surface area contributed by atoms with Crippen LogP contribution in [0.15, 0.2) is 24.3 Å². The Hall–Kier alpha value is -1.81. The number of carboxylic acid groups (broad SMARTS) is 1. The third-order valence-corrected chi connectivity index (χ3v) is 1.85. The first-order chi connectivity index (χ1) is 7.13. The van der Waals surface area contributed by atoms with Crippen molar-refractivity contribution < 1.29 is 20.1 Å². The number of hydrogen-bond donors (Lipinski definition) is 3. The SMILES string of the molecule is O=C(O)Cc1ccc(O)c(C=CCO)c1. The number of aromatic hydroxyl groups is 1. The second-order valence-corrected chi connectivity index (χ2v) is 3.05. The van der Waals surface area contributed by atoms with Crippen LogP contribution >= 0.6 is 0 Å². The quantitative estimate of drug-likeness (QED) is 0.690. The van der Waals surface area contributed by atoms with Gasteiger partial charge in [-0.1, -0.05) is 18.2 Å². The van der Waals surface area contributed by atoms with E-state index in [1.54, 1.807) is 18.2 Å². The van der Waals surface area contributed by atoms with Gasteiger partial charge in [0.25, 0.3) is 0 Å². The molecule has 0 aliphatic heterocycles. The highest BCUT2D eigenvalue weighted by molar-refractivity contribution is 5.71. The molecular formula is C11H12O4. The zero-order chi connectivity index (χ0) is 11.3. The molecule has 0 saturated heterocycles. The Morgan fingerprint density at radius 3 is 2.73 bits per heavy atom. The number of aliphatic hydroxyl groups is 1. The van der Waals surface area contributed by atoms with Gasteiger partial charge in [0.2, 0.25) is 0 Å². The fourth-order valence-electron chi connectivity index (χ4n) is 1.20. The van der Waals surface area contributed by atoms with Crippen LogP contribution in [0, 0.1) is 0 Å². The summed E-state index contributed by atoms with van der Waals surface area (Å²) in [6, 6.07) is 4.57. The molecule has 0 spiro atoms. The molecule has 4 nitrogen and oxygen atoms in total. The van der Waals surface area contributed by atoms with Crippen LogP contribution in [-0.2, 0) is 11.2 Å². The van der Waals surface area contributed by atoms with Gasteiger partial charge in [-0.05, 0) is 17.7 Å². The number of phenolic OH excluding ortho intramolecular Hbond substituents is 1. The Bertz CT molecular complexity index is 382. The number of aliphatic hydroxyl groups excluding tert-OH is 1. The number of benzene rings is 1. The summed E-state index contributed by atoms with van der Waals surface area (Å²) in [4.78, 5) is 10.5. The van der Waals surface area contributed by atoms with E-state index in [4.69, 9.17) is 10.2 Å². The molecule has 1 rings (SSSR count). The number of carbonyl (C=O) groups is 1. The lowest BCUT2D eigenvalue weighted by Crippen LogP contribution is -1.99. The van der Waals surface area contributed by atoms with Crippen molar-refractivity contribution in [1.29, 1.82) is 0 Å². The van der Waals surface area contributed by atoms with Gasteiger partial charge in [-0.2, -0.15) is 0 Å². The monoisotopic (exact) mass is 208 g/mol. The molecule has 0 fully saturated rings. The highest BCUT2D eigenvalue weighted by Gasteiger charge is 2.03. The molecular weight excluding hydrogens is 196 g/mol. The Labute approximate surface area is 87.1 Å². The molecule has 0 aromatic heterocycles. The van der Waals surface area contributed by atoms with Crippen LogP contribution < -0.4 is 0 Å². The standard InChI is InChI=1S/C11H12O4/c12-5-1-2-9-6-8(7-11(14)15)3-4-10(9)13/h1-4,6,12-13H,5,7H2,(H,14,15). The average molecular weight is 208 g/mol. The van der Waals surface area contributed by atoms with Gasteiger partial charge in [0, 0.05) is 5.56 Å². The van der Waals surface area contributed by atoms with Crippen LogP contribution in [0.25, 0.3) is 6.08 Å². The lowest BCUT2D eigenvalue weighted by molar-refractivity contribution is -0.136. The summed E-state index contributed by atoms with van der Waals surface area (Å²) in [5, 5.41) is 26.6. The van der Waals surface area contributed by atoms with Crippen LogP contribution in [0.4, 0.5) is 0 Å². The number of phenols is 1. The fraction of sp³-hybridized carbons (Fsp3) is 0.182. The number of carboxylic acids is 1. The maximum Gasteiger partial charge on any atom is 0.307 e. The molecule has 1 aromatic rings. The third kappa shape index (κ3) is 3.44. The summed E-state index contributed by atoms with van der Waals surface area (Å²) in [5.74, 6) is -0.855. The molecule has 0 radical (unpaired) electrons. The summed E-state index contributed by atoms with van der Waals surface area (Å²) < 4.78 is 0. The first-order valence-electron chi connectivity index (χ1n) is 4.44. The van der Waals surface area contributed by atoms with Gasteiger partial charge in [0.15, 0.2) is 0 Å². The van der Waals surface area contributed by atoms with Crippen molar-refractivity contribution in [3.05, 3.63) is 35.4 Å². The molecule has 0 saturated carbocycles. The first kappa shape index (κ1) is 11.3. The molecule has 80 valence electrons. The normalized spacial score (nSPS) is 10.7. The minimum absolute atomic E-state index is 0.0637. The van der Waals surface area contributed by atoms with Crippen molar-refractivity contribution in [3.63, 3.8) is 0 Å². The van der Waals surface area contributed by atoms with E-state index >= 15 is 0 Å². The van der Waals surface area contributed by atoms with Crippen molar-refractivity contribution in [2.24, 2.45) is 0 Å². The number of hydrogen-bond acceptors (Lipinski definition) is 3. The second-order valence-electron chi connectivity index (χ2n) is 3.05.